The Hall–Kier alpha value is -3.67. The molecular weight excluding hydrogens is 370 g/mol. The molecule has 0 bridgehead atoms. The zero-order valence-corrected chi connectivity index (χ0v) is 16.1. The van der Waals surface area contributed by atoms with Gasteiger partial charge in [-0.2, -0.15) is 10.2 Å². The van der Waals surface area contributed by atoms with Gasteiger partial charge in [0.1, 0.15) is 11.2 Å². The topological polar surface area (TPSA) is 114 Å². The minimum Gasteiger partial charge on any atom is -0.336 e. The molecule has 0 unspecified atom stereocenters. The first kappa shape index (κ1) is 18.7. The van der Waals surface area contributed by atoms with Crippen LogP contribution in [0.3, 0.4) is 0 Å². The van der Waals surface area contributed by atoms with E-state index in [2.05, 4.69) is 26.7 Å². The lowest BCUT2D eigenvalue weighted by molar-refractivity contribution is -0.123. The van der Waals surface area contributed by atoms with Crippen LogP contribution >= 0.6 is 0 Å². The molecule has 9 nitrogen and oxygen atoms in total. The van der Waals surface area contributed by atoms with Crippen molar-refractivity contribution in [3.63, 3.8) is 0 Å². The summed E-state index contributed by atoms with van der Waals surface area (Å²) in [5.41, 5.74) is 0.615. The first-order valence-electron chi connectivity index (χ1n) is 9.55. The molecule has 29 heavy (non-hydrogen) atoms. The van der Waals surface area contributed by atoms with Gasteiger partial charge in [-0.25, -0.2) is 9.78 Å². The molecule has 0 saturated carbocycles. The number of hydrogen-bond donors (Lipinski definition) is 2. The van der Waals surface area contributed by atoms with E-state index in [1.165, 1.54) is 0 Å². The summed E-state index contributed by atoms with van der Waals surface area (Å²) in [6.45, 7) is 3.60. The lowest BCUT2D eigenvalue weighted by Crippen LogP contribution is -2.33. The van der Waals surface area contributed by atoms with Crippen molar-refractivity contribution in [2.45, 2.75) is 19.8 Å². The van der Waals surface area contributed by atoms with Crippen molar-refractivity contribution in [3.8, 4) is 6.07 Å². The van der Waals surface area contributed by atoms with Gasteiger partial charge in [0.15, 0.2) is 0 Å². The maximum Gasteiger partial charge on any atom is 0.321 e. The number of hydrogen-bond acceptors (Lipinski definition) is 6. The Morgan fingerprint density at radius 3 is 2.62 bits per heavy atom. The van der Waals surface area contributed by atoms with E-state index in [4.69, 9.17) is 0 Å². The molecule has 9 heteroatoms. The molecule has 2 fully saturated rings. The van der Waals surface area contributed by atoms with Crippen molar-refractivity contribution in [2.24, 2.45) is 5.41 Å². The number of nitrogens with zero attached hydrogens (tertiary/aromatic N) is 5. The highest BCUT2D eigenvalue weighted by Gasteiger charge is 2.46. The van der Waals surface area contributed by atoms with E-state index in [1.807, 2.05) is 31.2 Å². The van der Waals surface area contributed by atoms with Crippen LogP contribution in [0.25, 0.3) is 0 Å². The zero-order chi connectivity index (χ0) is 20.4. The minimum absolute atomic E-state index is 0.0995. The predicted molar refractivity (Wildman–Crippen MR) is 108 cm³/mol. The van der Waals surface area contributed by atoms with E-state index in [0.29, 0.717) is 44.2 Å². The second kappa shape index (κ2) is 7.39. The van der Waals surface area contributed by atoms with Gasteiger partial charge in [0.05, 0.1) is 6.07 Å². The van der Waals surface area contributed by atoms with E-state index < -0.39 is 5.41 Å². The average Bonchev–Trinajstić information content (AvgIpc) is 3.32. The third-order valence-corrected chi connectivity index (χ3v) is 5.44. The number of aromatic nitrogens is 2. The van der Waals surface area contributed by atoms with Gasteiger partial charge in [0.2, 0.25) is 11.9 Å². The number of nitriles is 1. The van der Waals surface area contributed by atoms with E-state index >= 15 is 0 Å². The number of nitrogens with one attached hydrogen (secondary N) is 2. The molecule has 1 aromatic carbocycles. The van der Waals surface area contributed by atoms with Crippen molar-refractivity contribution in [1.29, 1.82) is 5.26 Å². The van der Waals surface area contributed by atoms with Gasteiger partial charge in [0.25, 0.3) is 0 Å². The Bertz CT molecular complexity index is 985. The first-order valence-corrected chi connectivity index (χ1v) is 9.55. The van der Waals surface area contributed by atoms with E-state index in [1.54, 1.807) is 22.1 Å². The van der Waals surface area contributed by atoms with Gasteiger partial charge in [-0.15, -0.1) is 0 Å². The summed E-state index contributed by atoms with van der Waals surface area (Å²) < 4.78 is 0. The molecule has 0 spiro atoms. The SMILES string of the molecule is CC[C@]1(C#N)CCN(c2ccnc(Nc3ccc(N4CCNC4=O)cc3)n2)C1=O. The lowest BCUT2D eigenvalue weighted by Gasteiger charge is -2.19. The van der Waals surface area contributed by atoms with E-state index in [-0.39, 0.29) is 11.9 Å². The van der Waals surface area contributed by atoms with Crippen LogP contribution < -0.4 is 20.4 Å². The zero-order valence-electron chi connectivity index (χ0n) is 16.1. The molecule has 2 aliphatic rings. The first-order chi connectivity index (χ1) is 14.1. The summed E-state index contributed by atoms with van der Waals surface area (Å²) in [6.07, 6.45) is 2.56. The Labute approximate surface area is 168 Å². The summed E-state index contributed by atoms with van der Waals surface area (Å²) in [6, 6.07) is 11.1. The van der Waals surface area contributed by atoms with Gasteiger partial charge in [-0.3, -0.25) is 14.6 Å². The van der Waals surface area contributed by atoms with Crippen molar-refractivity contribution in [1.82, 2.24) is 15.3 Å². The van der Waals surface area contributed by atoms with Crippen molar-refractivity contribution in [3.05, 3.63) is 36.5 Å². The van der Waals surface area contributed by atoms with Crippen molar-refractivity contribution < 1.29 is 9.59 Å². The minimum atomic E-state index is -0.962. The van der Waals surface area contributed by atoms with Crippen LogP contribution in [0, 0.1) is 16.7 Å². The van der Waals surface area contributed by atoms with E-state index in [9.17, 15) is 14.9 Å². The fraction of sp³-hybridized carbons (Fsp3) is 0.350. The average molecular weight is 391 g/mol. The quantitative estimate of drug-likeness (QED) is 0.809. The second-order valence-corrected chi connectivity index (χ2v) is 7.05. The van der Waals surface area contributed by atoms with Gasteiger partial charge < -0.3 is 10.6 Å². The molecule has 0 radical (unpaired) electrons. The molecular formula is C20H21N7O2. The molecule has 2 N–H and O–H groups in total. The fourth-order valence-electron chi connectivity index (χ4n) is 3.63. The molecule has 0 aliphatic carbocycles. The molecule has 2 saturated heterocycles. The largest absolute Gasteiger partial charge is 0.336 e. The molecule has 4 rings (SSSR count). The number of amides is 3. The second-order valence-electron chi connectivity index (χ2n) is 7.05. The summed E-state index contributed by atoms with van der Waals surface area (Å²) in [4.78, 5) is 36.4. The van der Waals surface area contributed by atoms with Crippen LogP contribution in [0.5, 0.6) is 0 Å². The van der Waals surface area contributed by atoms with Gasteiger partial charge in [0, 0.05) is 37.2 Å². The Morgan fingerprint density at radius 1 is 1.21 bits per heavy atom. The number of benzene rings is 1. The van der Waals surface area contributed by atoms with Crippen LogP contribution in [-0.4, -0.2) is 41.5 Å². The highest BCUT2D eigenvalue weighted by molar-refractivity contribution is 6.01. The molecule has 1 aromatic heterocycles. The monoisotopic (exact) mass is 391 g/mol. The molecule has 148 valence electrons. The number of urea groups is 1. The highest BCUT2D eigenvalue weighted by atomic mass is 16.2. The van der Waals surface area contributed by atoms with Gasteiger partial charge in [-0.1, -0.05) is 6.92 Å². The Morgan fingerprint density at radius 2 is 2.00 bits per heavy atom. The summed E-state index contributed by atoms with van der Waals surface area (Å²) in [5, 5.41) is 15.3. The standard InChI is InChI=1S/C20H21N7O2/c1-2-20(13-21)8-11-27(17(20)28)16-7-9-22-18(25-16)24-14-3-5-15(6-4-14)26-12-10-23-19(26)29/h3-7,9H,2,8,10-12H2,1H3,(H,23,29)(H,22,24,25)/t20-/m1/s1. The van der Waals surface area contributed by atoms with Crippen molar-refractivity contribution in [2.75, 3.05) is 34.8 Å². The summed E-state index contributed by atoms with van der Waals surface area (Å²) >= 11 is 0. The molecule has 3 heterocycles. The van der Waals surface area contributed by atoms with Gasteiger partial charge in [-0.05, 0) is 43.2 Å². The maximum atomic E-state index is 12.7. The number of anilines is 4. The highest BCUT2D eigenvalue weighted by Crippen LogP contribution is 2.36. The van der Waals surface area contributed by atoms with E-state index in [0.717, 1.165) is 11.4 Å². The third kappa shape index (κ3) is 3.33. The van der Waals surface area contributed by atoms with Crippen LogP contribution in [0.2, 0.25) is 0 Å². The predicted octanol–water partition coefficient (Wildman–Crippen LogP) is 2.41. The Balaban J connectivity index is 1.49. The van der Waals surface area contributed by atoms with Gasteiger partial charge >= 0.3 is 6.03 Å². The molecule has 1 atom stereocenters. The Kier molecular flexibility index (Phi) is 4.76. The summed E-state index contributed by atoms with van der Waals surface area (Å²) in [5.74, 6) is 0.622. The number of carbonyl (C=O) groups excluding carboxylic acids is 2. The number of rotatable bonds is 5. The molecule has 2 aromatic rings. The summed E-state index contributed by atoms with van der Waals surface area (Å²) in [7, 11) is 0. The van der Waals surface area contributed by atoms with Crippen LogP contribution in [0.1, 0.15) is 19.8 Å². The fourth-order valence-corrected chi connectivity index (χ4v) is 3.63. The normalized spacial score (nSPS) is 21.2. The smallest absolute Gasteiger partial charge is 0.321 e. The van der Waals surface area contributed by atoms with Crippen LogP contribution in [0.15, 0.2) is 36.5 Å². The van der Waals surface area contributed by atoms with Crippen molar-refractivity contribution >= 4 is 35.1 Å². The molecule has 3 amide bonds. The third-order valence-electron chi connectivity index (χ3n) is 5.44. The molecule has 2 aliphatic heterocycles. The van der Waals surface area contributed by atoms with Crippen LogP contribution in [0.4, 0.5) is 27.9 Å². The van der Waals surface area contributed by atoms with Crippen LogP contribution in [-0.2, 0) is 4.79 Å². The maximum absolute atomic E-state index is 12.7. The lowest BCUT2D eigenvalue weighted by atomic mass is 9.85. The number of carbonyl (C=O) groups is 2.